The predicted octanol–water partition coefficient (Wildman–Crippen LogP) is 2.89. The molecule has 1 atom stereocenters. The molecule has 0 aliphatic carbocycles. The van der Waals surface area contributed by atoms with Crippen molar-refractivity contribution in [2.45, 2.75) is 13.0 Å². The molecular formula is C12H15NO. The number of aromatic nitrogens is 1. The number of ether oxygens (including phenoxy) is 1. The highest BCUT2D eigenvalue weighted by atomic mass is 16.5. The lowest BCUT2D eigenvalue weighted by atomic mass is 10.2. The van der Waals surface area contributed by atoms with Crippen LogP contribution in [0.5, 0.6) is 0 Å². The summed E-state index contributed by atoms with van der Waals surface area (Å²) in [6.45, 7) is 2.06. The summed E-state index contributed by atoms with van der Waals surface area (Å²) in [5.74, 6) is 0. The average molecular weight is 189 g/mol. The molecular weight excluding hydrogens is 174 g/mol. The van der Waals surface area contributed by atoms with E-state index in [0.717, 1.165) is 0 Å². The Bertz CT molecular complexity index is 445. The van der Waals surface area contributed by atoms with Gasteiger partial charge < -0.3 is 9.30 Å². The van der Waals surface area contributed by atoms with Crippen LogP contribution in [0.1, 0.15) is 18.7 Å². The van der Waals surface area contributed by atoms with Crippen LogP contribution in [0.25, 0.3) is 10.9 Å². The molecule has 0 fully saturated rings. The van der Waals surface area contributed by atoms with Crippen molar-refractivity contribution in [1.82, 2.24) is 4.57 Å². The summed E-state index contributed by atoms with van der Waals surface area (Å²) in [6.07, 6.45) is 0.146. The van der Waals surface area contributed by atoms with Crippen LogP contribution in [0.4, 0.5) is 0 Å². The van der Waals surface area contributed by atoms with E-state index >= 15 is 0 Å². The molecule has 0 radical (unpaired) electrons. The van der Waals surface area contributed by atoms with Gasteiger partial charge in [-0.25, -0.2) is 0 Å². The molecule has 14 heavy (non-hydrogen) atoms. The van der Waals surface area contributed by atoms with Gasteiger partial charge in [0.2, 0.25) is 0 Å². The molecule has 1 aromatic heterocycles. The van der Waals surface area contributed by atoms with Crippen molar-refractivity contribution >= 4 is 10.9 Å². The van der Waals surface area contributed by atoms with Gasteiger partial charge in [-0.05, 0) is 24.4 Å². The molecule has 0 amide bonds. The highest BCUT2D eigenvalue weighted by molar-refractivity contribution is 5.81. The normalized spacial score (nSPS) is 13.4. The molecule has 2 heteroatoms. The Kier molecular flexibility index (Phi) is 2.30. The number of rotatable bonds is 2. The van der Waals surface area contributed by atoms with E-state index in [1.165, 1.54) is 16.6 Å². The van der Waals surface area contributed by atoms with Gasteiger partial charge in [0.25, 0.3) is 0 Å². The van der Waals surface area contributed by atoms with Gasteiger partial charge in [0, 0.05) is 25.4 Å². The largest absolute Gasteiger partial charge is 0.376 e. The number of nitrogens with zero attached hydrogens (tertiary/aromatic N) is 1. The van der Waals surface area contributed by atoms with Crippen LogP contribution in [-0.2, 0) is 11.8 Å². The lowest BCUT2D eigenvalue weighted by Crippen LogP contribution is -2.02. The van der Waals surface area contributed by atoms with Gasteiger partial charge in [-0.2, -0.15) is 0 Å². The molecule has 74 valence electrons. The van der Waals surface area contributed by atoms with E-state index in [-0.39, 0.29) is 6.10 Å². The fourth-order valence-corrected chi connectivity index (χ4v) is 1.82. The summed E-state index contributed by atoms with van der Waals surface area (Å²) >= 11 is 0. The summed E-state index contributed by atoms with van der Waals surface area (Å²) in [7, 11) is 3.81. The van der Waals surface area contributed by atoms with Gasteiger partial charge in [-0.3, -0.25) is 0 Å². The van der Waals surface area contributed by atoms with E-state index in [9.17, 15) is 0 Å². The summed E-state index contributed by atoms with van der Waals surface area (Å²) in [6, 6.07) is 10.6. The van der Waals surface area contributed by atoms with Crippen molar-refractivity contribution in [2.75, 3.05) is 7.11 Å². The molecule has 0 aliphatic rings. The Morgan fingerprint density at radius 2 is 2.00 bits per heavy atom. The number of aryl methyl sites for hydroxylation is 1. The van der Waals surface area contributed by atoms with Gasteiger partial charge in [-0.1, -0.05) is 18.2 Å². The van der Waals surface area contributed by atoms with Gasteiger partial charge in [0.1, 0.15) is 0 Å². The maximum absolute atomic E-state index is 5.33. The standard InChI is InChI=1S/C12H15NO/c1-9(14-3)12-8-10-6-4-5-7-11(10)13(12)2/h4-9H,1-3H3. The number of hydrogen-bond acceptors (Lipinski definition) is 1. The molecule has 0 N–H and O–H groups in total. The third-order valence-corrected chi connectivity index (χ3v) is 2.76. The Morgan fingerprint density at radius 3 is 2.64 bits per heavy atom. The number of benzene rings is 1. The van der Waals surface area contributed by atoms with Crippen molar-refractivity contribution in [3.8, 4) is 0 Å². The second-order valence-corrected chi connectivity index (χ2v) is 3.56. The molecule has 0 bridgehead atoms. The highest BCUT2D eigenvalue weighted by Gasteiger charge is 2.10. The molecule has 2 rings (SSSR count). The van der Waals surface area contributed by atoms with Crippen LogP contribution in [0.2, 0.25) is 0 Å². The number of methoxy groups -OCH3 is 1. The first-order chi connectivity index (χ1) is 6.74. The molecule has 2 nitrogen and oxygen atoms in total. The van der Waals surface area contributed by atoms with E-state index in [4.69, 9.17) is 4.74 Å². The van der Waals surface area contributed by atoms with E-state index < -0.39 is 0 Å². The zero-order chi connectivity index (χ0) is 10.1. The average Bonchev–Trinajstić information content (AvgIpc) is 2.56. The summed E-state index contributed by atoms with van der Waals surface area (Å²) in [5.41, 5.74) is 2.47. The lowest BCUT2D eigenvalue weighted by molar-refractivity contribution is 0.114. The third-order valence-electron chi connectivity index (χ3n) is 2.76. The van der Waals surface area contributed by atoms with Crippen LogP contribution in [0.15, 0.2) is 30.3 Å². The van der Waals surface area contributed by atoms with Crippen molar-refractivity contribution < 1.29 is 4.74 Å². The van der Waals surface area contributed by atoms with Gasteiger partial charge in [-0.15, -0.1) is 0 Å². The van der Waals surface area contributed by atoms with Crippen LogP contribution in [-0.4, -0.2) is 11.7 Å². The van der Waals surface area contributed by atoms with E-state index in [1.54, 1.807) is 7.11 Å². The van der Waals surface area contributed by atoms with Crippen LogP contribution >= 0.6 is 0 Å². The van der Waals surface area contributed by atoms with Gasteiger partial charge in [0.15, 0.2) is 0 Å². The lowest BCUT2D eigenvalue weighted by Gasteiger charge is -2.10. The maximum Gasteiger partial charge on any atom is 0.0942 e. The molecule has 1 aromatic carbocycles. The molecule has 2 aromatic rings. The first-order valence-corrected chi connectivity index (χ1v) is 4.81. The molecule has 0 aliphatic heterocycles. The minimum absolute atomic E-state index is 0.146. The van der Waals surface area contributed by atoms with E-state index in [1.807, 2.05) is 0 Å². The second kappa shape index (κ2) is 3.46. The van der Waals surface area contributed by atoms with Crippen molar-refractivity contribution in [3.05, 3.63) is 36.0 Å². The minimum atomic E-state index is 0.146. The summed E-state index contributed by atoms with van der Waals surface area (Å²) < 4.78 is 7.51. The Labute approximate surface area is 84.1 Å². The second-order valence-electron chi connectivity index (χ2n) is 3.56. The predicted molar refractivity (Wildman–Crippen MR) is 58.3 cm³/mol. The van der Waals surface area contributed by atoms with Crippen LogP contribution < -0.4 is 0 Å². The number of para-hydroxylation sites is 1. The van der Waals surface area contributed by atoms with Crippen molar-refractivity contribution in [1.29, 1.82) is 0 Å². The smallest absolute Gasteiger partial charge is 0.0942 e. The quantitative estimate of drug-likeness (QED) is 0.708. The SMILES string of the molecule is COC(C)c1cc2ccccc2n1C. The van der Waals surface area contributed by atoms with Gasteiger partial charge >= 0.3 is 0 Å². The zero-order valence-corrected chi connectivity index (χ0v) is 8.82. The topological polar surface area (TPSA) is 14.2 Å². The molecule has 0 saturated carbocycles. The Balaban J connectivity index is 2.62. The monoisotopic (exact) mass is 189 g/mol. The summed E-state index contributed by atoms with van der Waals surface area (Å²) in [5, 5.41) is 1.27. The minimum Gasteiger partial charge on any atom is -0.376 e. The van der Waals surface area contributed by atoms with E-state index in [2.05, 4.69) is 48.9 Å². The van der Waals surface area contributed by atoms with Crippen LogP contribution in [0, 0.1) is 0 Å². The fourth-order valence-electron chi connectivity index (χ4n) is 1.82. The number of hydrogen-bond donors (Lipinski definition) is 0. The van der Waals surface area contributed by atoms with Crippen molar-refractivity contribution in [2.24, 2.45) is 7.05 Å². The van der Waals surface area contributed by atoms with Crippen LogP contribution in [0.3, 0.4) is 0 Å². The van der Waals surface area contributed by atoms with Crippen molar-refractivity contribution in [3.63, 3.8) is 0 Å². The third kappa shape index (κ3) is 1.32. The zero-order valence-electron chi connectivity index (χ0n) is 8.82. The number of fused-ring (bicyclic) bond motifs is 1. The Morgan fingerprint density at radius 1 is 1.29 bits per heavy atom. The molecule has 0 saturated heterocycles. The van der Waals surface area contributed by atoms with Gasteiger partial charge in [0.05, 0.1) is 6.10 Å². The van der Waals surface area contributed by atoms with E-state index in [0.29, 0.717) is 0 Å². The molecule has 1 heterocycles. The molecule has 1 unspecified atom stereocenters. The summed E-state index contributed by atoms with van der Waals surface area (Å²) in [4.78, 5) is 0. The highest BCUT2D eigenvalue weighted by Crippen LogP contribution is 2.24. The maximum atomic E-state index is 5.33. The molecule has 0 spiro atoms. The fraction of sp³-hybridized carbons (Fsp3) is 0.333. The first-order valence-electron chi connectivity index (χ1n) is 4.81. The first kappa shape index (κ1) is 9.28. The Hall–Kier alpha value is -1.28.